The molecule has 0 amide bonds. The standard InChI is InChI=1S/C21H20ClN3OS/c1-13-19(22)5-4-6-20(13)23-21(27)25-24-14(2)15-7-8-17-12-18(26-3)10-9-16(17)11-15/h4-12H,1-3H3,(H2,23,25,27)/b24-14-. The fraction of sp³-hybridized carbons (Fsp3) is 0.143. The van der Waals surface area contributed by atoms with Crippen molar-refractivity contribution in [1.29, 1.82) is 0 Å². The van der Waals surface area contributed by atoms with Gasteiger partial charge < -0.3 is 10.1 Å². The summed E-state index contributed by atoms with van der Waals surface area (Å²) in [5.41, 5.74) is 6.53. The maximum Gasteiger partial charge on any atom is 0.191 e. The first kappa shape index (κ1) is 19.1. The maximum atomic E-state index is 6.13. The molecule has 0 aliphatic heterocycles. The van der Waals surface area contributed by atoms with Crippen LogP contribution in [0, 0.1) is 6.92 Å². The lowest BCUT2D eigenvalue weighted by atomic mass is 10.0. The van der Waals surface area contributed by atoms with E-state index in [1.807, 2.05) is 56.3 Å². The van der Waals surface area contributed by atoms with E-state index in [9.17, 15) is 0 Å². The van der Waals surface area contributed by atoms with Crippen molar-refractivity contribution in [2.45, 2.75) is 13.8 Å². The van der Waals surface area contributed by atoms with Crippen LogP contribution in [0.5, 0.6) is 5.75 Å². The minimum Gasteiger partial charge on any atom is -0.497 e. The van der Waals surface area contributed by atoms with Crippen molar-refractivity contribution in [2.75, 3.05) is 12.4 Å². The minimum atomic E-state index is 0.408. The van der Waals surface area contributed by atoms with Gasteiger partial charge in [-0.15, -0.1) is 0 Å². The summed E-state index contributed by atoms with van der Waals surface area (Å²) in [6.07, 6.45) is 0. The van der Waals surface area contributed by atoms with Gasteiger partial charge in [-0.25, -0.2) is 0 Å². The molecule has 0 aliphatic carbocycles. The normalized spacial score (nSPS) is 11.3. The van der Waals surface area contributed by atoms with E-state index < -0.39 is 0 Å². The van der Waals surface area contributed by atoms with Gasteiger partial charge in [0.15, 0.2) is 5.11 Å². The fourth-order valence-electron chi connectivity index (χ4n) is 2.67. The monoisotopic (exact) mass is 397 g/mol. The van der Waals surface area contributed by atoms with Crippen LogP contribution in [0.2, 0.25) is 5.02 Å². The number of halogens is 1. The largest absolute Gasteiger partial charge is 0.497 e. The van der Waals surface area contributed by atoms with E-state index >= 15 is 0 Å². The van der Waals surface area contributed by atoms with Gasteiger partial charge in [-0.1, -0.05) is 35.9 Å². The summed E-state index contributed by atoms with van der Waals surface area (Å²) >= 11 is 11.5. The SMILES string of the molecule is COc1ccc2cc(/C(C)=N\NC(=S)Nc3cccc(Cl)c3C)ccc2c1. The number of anilines is 1. The van der Waals surface area contributed by atoms with Gasteiger partial charge in [0.2, 0.25) is 0 Å². The quantitative estimate of drug-likeness (QED) is 0.345. The number of benzene rings is 3. The van der Waals surface area contributed by atoms with Gasteiger partial charge in [-0.05, 0) is 78.3 Å². The molecular formula is C21H20ClN3OS. The highest BCUT2D eigenvalue weighted by molar-refractivity contribution is 7.80. The molecule has 2 N–H and O–H groups in total. The second-order valence-corrected chi connectivity index (χ2v) is 6.92. The second-order valence-electron chi connectivity index (χ2n) is 6.10. The first-order valence-corrected chi connectivity index (χ1v) is 9.21. The van der Waals surface area contributed by atoms with Crippen molar-refractivity contribution in [2.24, 2.45) is 5.10 Å². The second kappa shape index (κ2) is 8.37. The summed E-state index contributed by atoms with van der Waals surface area (Å²) in [6.45, 7) is 3.87. The Kier molecular flexibility index (Phi) is 5.94. The average Bonchev–Trinajstić information content (AvgIpc) is 2.68. The zero-order valence-electron chi connectivity index (χ0n) is 15.3. The van der Waals surface area contributed by atoms with Crippen molar-refractivity contribution in [3.8, 4) is 5.75 Å². The molecule has 0 heterocycles. The molecule has 0 unspecified atom stereocenters. The van der Waals surface area contributed by atoms with Crippen LogP contribution in [0.15, 0.2) is 59.7 Å². The van der Waals surface area contributed by atoms with Crippen molar-refractivity contribution in [1.82, 2.24) is 5.43 Å². The smallest absolute Gasteiger partial charge is 0.191 e. The molecule has 0 radical (unpaired) electrons. The van der Waals surface area contributed by atoms with E-state index in [2.05, 4.69) is 28.0 Å². The Morgan fingerprint density at radius 1 is 1.07 bits per heavy atom. The van der Waals surface area contributed by atoms with Gasteiger partial charge in [0.05, 0.1) is 12.8 Å². The van der Waals surface area contributed by atoms with E-state index in [1.54, 1.807) is 7.11 Å². The number of rotatable bonds is 4. The Morgan fingerprint density at radius 2 is 1.81 bits per heavy atom. The van der Waals surface area contributed by atoms with Gasteiger partial charge in [0.1, 0.15) is 5.75 Å². The molecule has 0 saturated heterocycles. The molecule has 0 aromatic heterocycles. The van der Waals surface area contributed by atoms with E-state index in [0.717, 1.165) is 39.0 Å². The Hall–Kier alpha value is -2.63. The number of fused-ring (bicyclic) bond motifs is 1. The lowest BCUT2D eigenvalue weighted by molar-refractivity contribution is 0.415. The predicted octanol–water partition coefficient (Wildman–Crippen LogP) is 5.52. The van der Waals surface area contributed by atoms with Crippen LogP contribution in [0.4, 0.5) is 5.69 Å². The number of hydrogen-bond donors (Lipinski definition) is 2. The van der Waals surface area contributed by atoms with Gasteiger partial charge in [-0.2, -0.15) is 5.10 Å². The molecule has 0 aliphatic rings. The van der Waals surface area contributed by atoms with Crippen LogP contribution < -0.4 is 15.5 Å². The number of hydrazone groups is 1. The van der Waals surface area contributed by atoms with Crippen molar-refractivity contribution in [3.05, 3.63) is 70.7 Å². The highest BCUT2D eigenvalue weighted by atomic mass is 35.5. The molecule has 0 atom stereocenters. The van der Waals surface area contributed by atoms with Crippen LogP contribution in [0.25, 0.3) is 10.8 Å². The van der Waals surface area contributed by atoms with Crippen molar-refractivity contribution >= 4 is 51.1 Å². The summed E-state index contributed by atoms with van der Waals surface area (Å²) in [5, 5.41) is 10.8. The van der Waals surface area contributed by atoms with E-state index in [1.165, 1.54) is 0 Å². The molecule has 3 aromatic rings. The van der Waals surface area contributed by atoms with Crippen LogP contribution in [0.1, 0.15) is 18.1 Å². The highest BCUT2D eigenvalue weighted by Gasteiger charge is 2.05. The molecule has 4 nitrogen and oxygen atoms in total. The van der Waals surface area contributed by atoms with Crippen molar-refractivity contribution in [3.63, 3.8) is 0 Å². The fourth-order valence-corrected chi connectivity index (χ4v) is 3.00. The lowest BCUT2D eigenvalue weighted by Crippen LogP contribution is -2.25. The number of thiocarbonyl (C=S) groups is 1. The first-order valence-electron chi connectivity index (χ1n) is 8.42. The summed E-state index contributed by atoms with van der Waals surface area (Å²) in [5.74, 6) is 0.843. The first-order chi connectivity index (χ1) is 13.0. The third kappa shape index (κ3) is 4.56. The molecular weight excluding hydrogens is 378 g/mol. The molecule has 3 aromatic carbocycles. The maximum absolute atomic E-state index is 6.13. The van der Waals surface area contributed by atoms with E-state index in [4.69, 9.17) is 28.6 Å². The Morgan fingerprint density at radius 3 is 2.59 bits per heavy atom. The Bertz CT molecular complexity index is 1030. The molecule has 27 heavy (non-hydrogen) atoms. The van der Waals surface area contributed by atoms with Gasteiger partial charge in [-0.3, -0.25) is 5.43 Å². The molecule has 0 fully saturated rings. The molecule has 0 spiro atoms. The topological polar surface area (TPSA) is 45.6 Å². The highest BCUT2D eigenvalue weighted by Crippen LogP contribution is 2.23. The summed E-state index contributed by atoms with van der Waals surface area (Å²) in [7, 11) is 1.67. The Labute approximate surface area is 169 Å². The Balaban J connectivity index is 1.72. The number of methoxy groups -OCH3 is 1. The predicted molar refractivity (Wildman–Crippen MR) is 118 cm³/mol. The molecule has 3 rings (SSSR count). The summed E-state index contributed by atoms with van der Waals surface area (Å²) in [4.78, 5) is 0. The van der Waals surface area contributed by atoms with Crippen LogP contribution in [0.3, 0.4) is 0 Å². The third-order valence-corrected chi connectivity index (χ3v) is 4.91. The summed E-state index contributed by atoms with van der Waals surface area (Å²) in [6, 6.07) is 17.8. The molecule has 138 valence electrons. The van der Waals surface area contributed by atoms with E-state index in [0.29, 0.717) is 10.1 Å². The zero-order chi connectivity index (χ0) is 19.4. The van der Waals surface area contributed by atoms with Crippen LogP contribution in [-0.2, 0) is 0 Å². The van der Waals surface area contributed by atoms with Gasteiger partial charge in [0, 0.05) is 10.7 Å². The number of nitrogens with zero attached hydrogens (tertiary/aromatic N) is 1. The number of nitrogens with one attached hydrogen (secondary N) is 2. The van der Waals surface area contributed by atoms with Crippen LogP contribution >= 0.6 is 23.8 Å². The third-order valence-electron chi connectivity index (χ3n) is 4.31. The average molecular weight is 398 g/mol. The van der Waals surface area contributed by atoms with Gasteiger partial charge in [0.25, 0.3) is 0 Å². The van der Waals surface area contributed by atoms with Crippen molar-refractivity contribution < 1.29 is 4.74 Å². The van der Waals surface area contributed by atoms with Crippen LogP contribution in [-0.4, -0.2) is 17.9 Å². The number of hydrogen-bond acceptors (Lipinski definition) is 3. The minimum absolute atomic E-state index is 0.408. The molecule has 0 bridgehead atoms. The zero-order valence-corrected chi connectivity index (χ0v) is 16.9. The number of ether oxygens (including phenoxy) is 1. The van der Waals surface area contributed by atoms with E-state index in [-0.39, 0.29) is 0 Å². The lowest BCUT2D eigenvalue weighted by Gasteiger charge is -2.11. The molecule has 6 heteroatoms. The molecule has 0 saturated carbocycles. The van der Waals surface area contributed by atoms with Gasteiger partial charge >= 0.3 is 0 Å². The summed E-state index contributed by atoms with van der Waals surface area (Å²) < 4.78 is 5.27.